The van der Waals surface area contributed by atoms with Gasteiger partial charge in [0, 0.05) is 37.0 Å². The Morgan fingerprint density at radius 1 is 0.405 bits per heavy atom. The van der Waals surface area contributed by atoms with E-state index in [0.29, 0.717) is 0 Å². The topological polar surface area (TPSA) is 30.7 Å². The van der Waals surface area contributed by atoms with Gasteiger partial charge in [-0.05, 0) is 40.5 Å². The Morgan fingerprint density at radius 3 is 1.62 bits per heavy atom. The summed E-state index contributed by atoms with van der Waals surface area (Å²) >= 11 is 1.86. The molecule has 8 aromatic rings. The molecule has 0 fully saturated rings. The largest absolute Gasteiger partial charge is 0.275 e. The van der Waals surface area contributed by atoms with E-state index in [1.54, 1.807) is 0 Å². The highest BCUT2D eigenvalue weighted by Gasteiger charge is 2.18. The second-order valence-electron chi connectivity index (χ2n) is 10.3. The van der Waals surface area contributed by atoms with Crippen molar-refractivity contribution < 1.29 is 0 Å². The maximum atomic E-state index is 4.72. The van der Waals surface area contributed by atoms with Crippen LogP contribution in [-0.4, -0.2) is 14.8 Å². The third-order valence-corrected chi connectivity index (χ3v) is 9.01. The number of hydrogen-bond donors (Lipinski definition) is 0. The lowest BCUT2D eigenvalue weighted by Crippen LogP contribution is -2.00. The van der Waals surface area contributed by atoms with Gasteiger partial charge in [-0.1, -0.05) is 133 Å². The van der Waals surface area contributed by atoms with E-state index < -0.39 is 0 Å². The van der Waals surface area contributed by atoms with Crippen LogP contribution in [0.1, 0.15) is 0 Å². The Balaban J connectivity index is 1.20. The van der Waals surface area contributed by atoms with Crippen molar-refractivity contribution in [1.29, 1.82) is 0 Å². The van der Waals surface area contributed by atoms with E-state index in [9.17, 15) is 0 Å². The van der Waals surface area contributed by atoms with Crippen LogP contribution in [0.25, 0.3) is 70.9 Å². The van der Waals surface area contributed by atoms with Crippen molar-refractivity contribution >= 4 is 31.5 Å². The normalized spacial score (nSPS) is 11.3. The van der Waals surface area contributed by atoms with Crippen molar-refractivity contribution in [2.75, 3.05) is 0 Å². The lowest BCUT2D eigenvalue weighted by Gasteiger charge is -2.12. The summed E-state index contributed by atoms with van der Waals surface area (Å²) in [6, 6.07) is 53.3. The maximum Gasteiger partial charge on any atom is 0.168 e. The summed E-state index contributed by atoms with van der Waals surface area (Å²) in [7, 11) is 0. The minimum Gasteiger partial charge on any atom is -0.275 e. The van der Waals surface area contributed by atoms with Gasteiger partial charge in [0.25, 0.3) is 0 Å². The summed E-state index contributed by atoms with van der Waals surface area (Å²) in [6.45, 7) is 0. The smallest absolute Gasteiger partial charge is 0.168 e. The average Bonchev–Trinajstić information content (AvgIpc) is 3.68. The lowest BCUT2D eigenvalue weighted by molar-refractivity contribution is 1.07. The molecule has 0 radical (unpaired) electrons. The first-order valence-electron chi connectivity index (χ1n) is 14.0. The first-order chi connectivity index (χ1) is 20.8. The Bertz CT molecular complexity index is 2160. The number of para-hydroxylation sites is 1. The fourth-order valence-corrected chi connectivity index (χ4v) is 6.93. The zero-order valence-corrected chi connectivity index (χ0v) is 23.5. The first-order valence-corrected chi connectivity index (χ1v) is 14.8. The lowest BCUT2D eigenvalue weighted by atomic mass is 10.0. The molecule has 0 amide bonds. The molecule has 42 heavy (non-hydrogen) atoms. The average molecular weight is 556 g/mol. The Kier molecular flexibility index (Phi) is 5.98. The van der Waals surface area contributed by atoms with Gasteiger partial charge in [0.15, 0.2) is 11.6 Å². The highest BCUT2D eigenvalue weighted by atomic mass is 32.1. The molecule has 2 heterocycles. The zero-order chi connectivity index (χ0) is 27.9. The quantitative estimate of drug-likeness (QED) is 0.211. The van der Waals surface area contributed by atoms with Crippen LogP contribution in [0.3, 0.4) is 0 Å². The number of fused-ring (bicyclic) bond motifs is 3. The summed E-state index contributed by atoms with van der Waals surface area (Å²) in [4.78, 5) is 0. The summed E-state index contributed by atoms with van der Waals surface area (Å²) in [5, 5.41) is 12.0. The molecule has 0 bridgehead atoms. The zero-order valence-electron chi connectivity index (χ0n) is 22.7. The van der Waals surface area contributed by atoms with Gasteiger partial charge in [-0.25, -0.2) is 0 Å². The second kappa shape index (κ2) is 10.3. The number of hydrogen-bond acceptors (Lipinski definition) is 3. The second-order valence-corrected chi connectivity index (χ2v) is 11.4. The van der Waals surface area contributed by atoms with Gasteiger partial charge >= 0.3 is 0 Å². The van der Waals surface area contributed by atoms with E-state index in [1.165, 1.54) is 42.4 Å². The van der Waals surface area contributed by atoms with Gasteiger partial charge < -0.3 is 0 Å². The van der Waals surface area contributed by atoms with E-state index in [-0.39, 0.29) is 0 Å². The fraction of sp³-hybridized carbons (Fsp3) is 0. The maximum absolute atomic E-state index is 4.72. The van der Waals surface area contributed by atoms with Crippen LogP contribution in [-0.2, 0) is 0 Å². The highest BCUT2D eigenvalue weighted by molar-refractivity contribution is 7.26. The number of benzene rings is 6. The number of nitrogens with zero attached hydrogens (tertiary/aromatic N) is 3. The summed E-state index contributed by atoms with van der Waals surface area (Å²) in [6.07, 6.45) is 0. The number of thiophene rings is 1. The van der Waals surface area contributed by atoms with Crippen LogP contribution in [0.2, 0.25) is 0 Å². The molecule has 3 nitrogen and oxygen atoms in total. The van der Waals surface area contributed by atoms with Crippen molar-refractivity contribution in [3.05, 3.63) is 152 Å². The van der Waals surface area contributed by atoms with Crippen LogP contribution in [0.15, 0.2) is 152 Å². The molecule has 0 N–H and O–H groups in total. The molecule has 0 saturated carbocycles. The van der Waals surface area contributed by atoms with E-state index in [1.807, 2.05) is 23.5 Å². The van der Waals surface area contributed by atoms with Gasteiger partial charge in [-0.3, -0.25) is 4.57 Å². The van der Waals surface area contributed by atoms with Crippen LogP contribution in [0.4, 0.5) is 0 Å². The molecule has 8 rings (SSSR count). The van der Waals surface area contributed by atoms with Crippen molar-refractivity contribution in [3.63, 3.8) is 0 Å². The van der Waals surface area contributed by atoms with Gasteiger partial charge in [0.05, 0.1) is 0 Å². The molecule has 0 atom stereocenters. The molecule has 2 aromatic heterocycles. The Labute approximate surface area is 248 Å². The molecular weight excluding hydrogens is 531 g/mol. The summed E-state index contributed by atoms with van der Waals surface area (Å²) in [5.41, 5.74) is 7.88. The molecule has 198 valence electrons. The summed E-state index contributed by atoms with van der Waals surface area (Å²) < 4.78 is 4.79. The van der Waals surface area contributed by atoms with Crippen molar-refractivity contribution in [2.45, 2.75) is 0 Å². The molecule has 0 aliphatic carbocycles. The molecule has 0 aliphatic rings. The molecule has 0 saturated heterocycles. The highest BCUT2D eigenvalue weighted by Crippen LogP contribution is 2.40. The predicted molar refractivity (Wildman–Crippen MR) is 176 cm³/mol. The Hall–Kier alpha value is -5.32. The molecule has 0 unspecified atom stereocenters. The molecule has 6 aromatic carbocycles. The third kappa shape index (κ3) is 4.21. The number of rotatable bonds is 5. The first kappa shape index (κ1) is 24.5. The minimum atomic E-state index is 0.815. The minimum absolute atomic E-state index is 0.815. The van der Waals surface area contributed by atoms with Gasteiger partial charge in [-0.2, -0.15) is 0 Å². The van der Waals surface area contributed by atoms with E-state index >= 15 is 0 Å². The van der Waals surface area contributed by atoms with Gasteiger partial charge in [0.2, 0.25) is 0 Å². The van der Waals surface area contributed by atoms with Crippen LogP contribution >= 0.6 is 11.3 Å². The van der Waals surface area contributed by atoms with Crippen molar-refractivity contribution in [1.82, 2.24) is 14.8 Å². The van der Waals surface area contributed by atoms with E-state index in [0.717, 1.165) is 28.5 Å². The fourth-order valence-electron chi connectivity index (χ4n) is 5.70. The van der Waals surface area contributed by atoms with Gasteiger partial charge in [-0.15, -0.1) is 21.5 Å². The van der Waals surface area contributed by atoms with Crippen molar-refractivity contribution in [3.8, 4) is 50.7 Å². The SMILES string of the molecule is c1ccc(-c2ccc(-c3nnc(-c4ccc(-c5cccc6c5sc5ccccc56)cc4)n3-c3ccccc3)cc2)cc1. The van der Waals surface area contributed by atoms with Crippen LogP contribution in [0.5, 0.6) is 0 Å². The monoisotopic (exact) mass is 555 g/mol. The third-order valence-electron chi connectivity index (χ3n) is 7.79. The number of aromatic nitrogens is 3. The van der Waals surface area contributed by atoms with E-state index in [4.69, 9.17) is 10.2 Å². The van der Waals surface area contributed by atoms with Crippen molar-refractivity contribution in [2.24, 2.45) is 0 Å². The molecule has 4 heteroatoms. The predicted octanol–water partition coefficient (Wildman–Crippen LogP) is 10.3. The van der Waals surface area contributed by atoms with Crippen LogP contribution in [0, 0.1) is 0 Å². The molecule has 0 aliphatic heterocycles. The Morgan fingerprint density at radius 2 is 0.929 bits per heavy atom. The standard InChI is InChI=1S/C38H25N3S/c1-3-10-26(11-4-1)27-18-22-29(23-19-27)37-39-40-38(41(37)31-12-5-2-6-13-31)30-24-20-28(21-25-30)32-15-9-16-34-33-14-7-8-17-35(33)42-36(32)34/h1-25H. The summed E-state index contributed by atoms with van der Waals surface area (Å²) in [5.74, 6) is 1.63. The van der Waals surface area contributed by atoms with Gasteiger partial charge in [0.1, 0.15) is 0 Å². The van der Waals surface area contributed by atoms with Crippen LogP contribution < -0.4 is 0 Å². The van der Waals surface area contributed by atoms with E-state index in [2.05, 4.69) is 144 Å². The molecule has 0 spiro atoms. The molecular formula is C38H25N3S.